The second kappa shape index (κ2) is 7.93. The second-order valence-corrected chi connectivity index (χ2v) is 8.73. The Morgan fingerprint density at radius 1 is 1.16 bits per heavy atom. The summed E-state index contributed by atoms with van der Waals surface area (Å²) in [4.78, 5) is 0. The molecular weight excluding hydrogens is 250 g/mol. The lowest BCUT2D eigenvalue weighted by atomic mass is 9.65. The molecule has 1 aliphatic rings. The van der Waals surface area contributed by atoms with Gasteiger partial charge in [-0.3, -0.25) is 0 Å². The van der Waals surface area contributed by atoms with E-state index >= 15 is 0 Å². The molecule has 2 heteroatoms. The van der Waals surface area contributed by atoms with Gasteiger partial charge in [0.25, 0.3) is 0 Å². The van der Waals surface area contributed by atoms with Crippen LogP contribution < -0.4 is 5.32 Å². The van der Waals surface area contributed by atoms with E-state index in [-0.39, 0.29) is 0 Å². The van der Waals surface area contributed by atoms with Crippen molar-refractivity contribution in [3.63, 3.8) is 0 Å². The summed E-state index contributed by atoms with van der Waals surface area (Å²) in [6.07, 6.45) is 7.97. The Morgan fingerprint density at radius 3 is 2.37 bits per heavy atom. The third-order valence-corrected chi connectivity index (χ3v) is 5.49. The molecule has 0 saturated heterocycles. The molecule has 1 N–H and O–H groups in total. The molecule has 114 valence electrons. The first kappa shape index (κ1) is 17.4. The first-order chi connectivity index (χ1) is 8.84. The van der Waals surface area contributed by atoms with E-state index in [9.17, 15) is 0 Å². The fraction of sp³-hybridized carbons (Fsp3) is 1.00. The number of nitrogens with one attached hydrogen (secondary N) is 1. The Morgan fingerprint density at radius 2 is 1.84 bits per heavy atom. The predicted molar refractivity (Wildman–Crippen MR) is 89.9 cm³/mol. The van der Waals surface area contributed by atoms with Gasteiger partial charge in [0, 0.05) is 6.04 Å². The van der Waals surface area contributed by atoms with Crippen molar-refractivity contribution in [2.45, 2.75) is 66.3 Å². The van der Waals surface area contributed by atoms with Crippen molar-refractivity contribution in [2.75, 3.05) is 18.6 Å². The van der Waals surface area contributed by atoms with Crippen molar-refractivity contribution < 1.29 is 0 Å². The third kappa shape index (κ3) is 6.08. The van der Waals surface area contributed by atoms with E-state index in [1.807, 2.05) is 11.8 Å². The first-order valence-electron chi connectivity index (χ1n) is 8.07. The molecule has 0 aromatic heterocycles. The largest absolute Gasteiger partial charge is 0.314 e. The van der Waals surface area contributed by atoms with Gasteiger partial charge in [0.05, 0.1) is 0 Å². The number of hydrogen-bond acceptors (Lipinski definition) is 2. The average molecular weight is 286 g/mol. The van der Waals surface area contributed by atoms with Gasteiger partial charge in [-0.1, -0.05) is 34.6 Å². The molecule has 0 aromatic rings. The van der Waals surface area contributed by atoms with Gasteiger partial charge in [-0.25, -0.2) is 0 Å². The van der Waals surface area contributed by atoms with E-state index in [2.05, 4.69) is 46.2 Å². The summed E-state index contributed by atoms with van der Waals surface area (Å²) in [6, 6.07) is 0.626. The summed E-state index contributed by atoms with van der Waals surface area (Å²) < 4.78 is 0. The van der Waals surface area contributed by atoms with Crippen LogP contribution in [0.25, 0.3) is 0 Å². The molecule has 0 bridgehead atoms. The average Bonchev–Trinajstić information content (AvgIpc) is 2.32. The Hall–Kier alpha value is 0.310. The molecule has 0 aromatic carbocycles. The quantitative estimate of drug-likeness (QED) is 0.751. The van der Waals surface area contributed by atoms with E-state index in [0.29, 0.717) is 11.5 Å². The van der Waals surface area contributed by atoms with Gasteiger partial charge < -0.3 is 5.32 Å². The Balaban J connectivity index is 2.56. The van der Waals surface area contributed by atoms with E-state index in [1.54, 1.807) is 0 Å². The van der Waals surface area contributed by atoms with Crippen LogP contribution in [0.5, 0.6) is 0 Å². The minimum absolute atomic E-state index is 0.494. The third-order valence-electron chi connectivity index (χ3n) is 4.85. The van der Waals surface area contributed by atoms with Crippen molar-refractivity contribution in [3.8, 4) is 0 Å². The maximum Gasteiger partial charge on any atom is 0.00104 e. The highest BCUT2D eigenvalue weighted by Gasteiger charge is 2.35. The molecule has 0 spiro atoms. The van der Waals surface area contributed by atoms with Crippen LogP contribution in [0, 0.1) is 23.2 Å². The highest BCUT2D eigenvalue weighted by molar-refractivity contribution is 7.98. The Kier molecular flexibility index (Phi) is 7.24. The van der Waals surface area contributed by atoms with Gasteiger partial charge in [0.2, 0.25) is 0 Å². The highest BCUT2D eigenvalue weighted by Crippen LogP contribution is 2.43. The van der Waals surface area contributed by atoms with Crippen molar-refractivity contribution in [1.29, 1.82) is 0 Å². The summed E-state index contributed by atoms with van der Waals surface area (Å²) in [5.74, 6) is 4.11. The van der Waals surface area contributed by atoms with Gasteiger partial charge in [0.1, 0.15) is 0 Å². The molecule has 1 rings (SSSR count). The zero-order chi connectivity index (χ0) is 14.5. The van der Waals surface area contributed by atoms with Gasteiger partial charge in [-0.05, 0) is 67.4 Å². The SMILES string of the molecule is CSCCC1CC(C(C)(C)C)CCC1CNC(C)C. The molecule has 1 fully saturated rings. The van der Waals surface area contributed by atoms with Crippen LogP contribution in [-0.4, -0.2) is 24.6 Å². The van der Waals surface area contributed by atoms with E-state index < -0.39 is 0 Å². The van der Waals surface area contributed by atoms with Crippen LogP contribution in [0.4, 0.5) is 0 Å². The number of rotatable bonds is 6. The topological polar surface area (TPSA) is 12.0 Å². The standard InChI is InChI=1S/C17H35NS/c1-13(2)18-12-15-7-8-16(17(3,4)5)11-14(15)9-10-19-6/h13-16,18H,7-12H2,1-6H3. The zero-order valence-corrected chi connectivity index (χ0v) is 14.8. The van der Waals surface area contributed by atoms with Crippen LogP contribution in [-0.2, 0) is 0 Å². The van der Waals surface area contributed by atoms with Crippen LogP contribution in [0.1, 0.15) is 60.3 Å². The molecule has 3 atom stereocenters. The van der Waals surface area contributed by atoms with Gasteiger partial charge in [-0.15, -0.1) is 0 Å². The lowest BCUT2D eigenvalue weighted by Crippen LogP contribution is -2.38. The van der Waals surface area contributed by atoms with E-state index in [1.165, 1.54) is 38.0 Å². The normalized spacial score (nSPS) is 28.9. The van der Waals surface area contributed by atoms with Gasteiger partial charge in [0.15, 0.2) is 0 Å². The molecule has 1 aliphatic carbocycles. The minimum atomic E-state index is 0.494. The van der Waals surface area contributed by atoms with Crippen LogP contribution in [0.15, 0.2) is 0 Å². The zero-order valence-electron chi connectivity index (χ0n) is 14.0. The van der Waals surface area contributed by atoms with E-state index in [4.69, 9.17) is 0 Å². The number of hydrogen-bond donors (Lipinski definition) is 1. The molecule has 1 nitrogen and oxygen atoms in total. The molecule has 0 aliphatic heterocycles. The summed E-state index contributed by atoms with van der Waals surface area (Å²) >= 11 is 2.01. The van der Waals surface area contributed by atoms with Gasteiger partial charge >= 0.3 is 0 Å². The van der Waals surface area contributed by atoms with Crippen molar-refractivity contribution in [1.82, 2.24) is 5.32 Å². The van der Waals surface area contributed by atoms with Crippen molar-refractivity contribution in [2.24, 2.45) is 23.2 Å². The maximum atomic E-state index is 3.67. The summed E-state index contributed by atoms with van der Waals surface area (Å²) in [7, 11) is 0. The van der Waals surface area contributed by atoms with Crippen LogP contribution in [0.3, 0.4) is 0 Å². The summed E-state index contributed by atoms with van der Waals surface area (Å²) in [5.41, 5.74) is 0.494. The monoisotopic (exact) mass is 285 g/mol. The summed E-state index contributed by atoms with van der Waals surface area (Å²) in [6.45, 7) is 13.0. The van der Waals surface area contributed by atoms with Crippen LogP contribution in [0.2, 0.25) is 0 Å². The molecular formula is C17H35NS. The second-order valence-electron chi connectivity index (χ2n) is 7.74. The molecule has 0 radical (unpaired) electrons. The molecule has 3 unspecified atom stereocenters. The molecule has 1 saturated carbocycles. The molecule has 19 heavy (non-hydrogen) atoms. The smallest absolute Gasteiger partial charge is 0.00104 e. The summed E-state index contributed by atoms with van der Waals surface area (Å²) in [5, 5.41) is 3.67. The predicted octanol–water partition coefficient (Wildman–Crippen LogP) is 4.82. The fourth-order valence-corrected chi connectivity index (χ4v) is 3.93. The molecule has 0 amide bonds. The lowest BCUT2D eigenvalue weighted by molar-refractivity contribution is 0.0947. The Bertz CT molecular complexity index is 244. The van der Waals surface area contributed by atoms with Crippen molar-refractivity contribution in [3.05, 3.63) is 0 Å². The maximum absolute atomic E-state index is 3.67. The van der Waals surface area contributed by atoms with E-state index in [0.717, 1.165) is 17.8 Å². The van der Waals surface area contributed by atoms with Crippen LogP contribution >= 0.6 is 11.8 Å². The number of thioether (sulfide) groups is 1. The van der Waals surface area contributed by atoms with Gasteiger partial charge in [-0.2, -0.15) is 11.8 Å². The highest BCUT2D eigenvalue weighted by atomic mass is 32.2. The fourth-order valence-electron chi connectivity index (χ4n) is 3.39. The lowest BCUT2D eigenvalue weighted by Gasteiger charge is -2.42. The minimum Gasteiger partial charge on any atom is -0.314 e. The van der Waals surface area contributed by atoms with Crippen molar-refractivity contribution >= 4 is 11.8 Å². The molecule has 0 heterocycles. The first-order valence-corrected chi connectivity index (χ1v) is 9.46. The Labute approximate surface area is 125 Å².